The van der Waals surface area contributed by atoms with Gasteiger partial charge in [-0.15, -0.1) is 0 Å². The molecule has 0 spiro atoms. The van der Waals surface area contributed by atoms with Crippen LogP contribution in [0.4, 0.5) is 0 Å². The van der Waals surface area contributed by atoms with Crippen molar-refractivity contribution in [2.75, 3.05) is 46.2 Å². The molecular weight excluding hydrogens is 1790 g/mol. The summed E-state index contributed by atoms with van der Waals surface area (Å²) < 4.78 is 355. The molecule has 0 aromatic rings. The van der Waals surface area contributed by atoms with Crippen LogP contribution in [-0.4, -0.2) is 423 Å². The van der Waals surface area contributed by atoms with Gasteiger partial charge in [0.1, 0.15) is 171 Å². The van der Waals surface area contributed by atoms with Crippen LogP contribution in [0, 0.1) is 0 Å². The predicted molar refractivity (Wildman–Crippen MR) is 288 cm³/mol. The van der Waals surface area contributed by atoms with Gasteiger partial charge in [0.15, 0.2) is 44.0 Å². The molecule has 4 unspecified atom stereocenters. The minimum Gasteiger partial charge on any atom is -0.726 e. The summed E-state index contributed by atoms with van der Waals surface area (Å²) in [4.78, 5) is 0. The van der Waals surface area contributed by atoms with Crippen LogP contribution < -0.4 is 207 Å². The van der Waals surface area contributed by atoms with Gasteiger partial charge in [-0.05, 0) is 0 Å². The van der Waals surface area contributed by atoms with Gasteiger partial charge in [-0.25, -0.2) is 58.9 Å². The van der Waals surface area contributed by atoms with Gasteiger partial charge >= 0.3 is 207 Å². The van der Waals surface area contributed by atoms with Crippen LogP contribution in [0.2, 0.25) is 0 Å². The van der Waals surface area contributed by atoms with E-state index in [1.54, 1.807) is 0 Å². The maximum absolute atomic E-state index is 11.8. The zero-order chi connectivity index (χ0) is 78.5. The molecule has 21 fully saturated rings. The molecule has 21 aliphatic heterocycles. The molecule has 21 heterocycles. The number of aliphatic hydroxyl groups is 14. The second-order valence-corrected chi connectivity index (χ2v) is 30.6. The number of rotatable bonds is 21. The Hall–Kier alpha value is 4.97. The van der Waals surface area contributed by atoms with Crippen LogP contribution >= 0.6 is 0 Å². The number of hydrogen-bond acceptors (Lipinski definition) is 56. The molecule has 21 aliphatic rings. The van der Waals surface area contributed by atoms with Gasteiger partial charge in [-0.1, -0.05) is 0 Å². The summed E-state index contributed by atoms with van der Waals surface area (Å²) in [5, 5.41) is 162. The van der Waals surface area contributed by atoms with E-state index in [4.69, 9.17) is 66.3 Å². The van der Waals surface area contributed by atoms with Crippen LogP contribution in [0.1, 0.15) is 0 Å². The standard InChI is InChI=1S/C42H70O56S7.7Na/c43-15-22(50)36-85-8(1-78-99(57,58)59)29(15)92-37-23(51)16(44)31(10(86-37)3-80-101(63,64)65)94-39-25(53)18(46)33(12(88-39)5-82-103(69,70)71)96-41-27(55)20(48)35(14(90-41)7-84-105(75,76)77)98-42-28(56)21(49)34(13(91-42)6-83-104(72,73)74)97-40-26(54)19(47)32(11(89-40)4-81-102(66,67)68)95-38-24(52)17(45)30(93-36)9(87-38)2-79-100(60,61)62;;;;;;;/h8-56H,1-7H2,(H,57,58,59)(H,60,61,62)(H,63,64,65)(H,66,67,68)(H,69,70,71)(H,72,73,74)(H,75,76,77);;;;;;;/q;7*+1/p-7/t8-,9-,10-,11-,12-,13-,14-,15-,16-,17-,18-,19-,20-,21?,22-,23-,24-,25?,26-,27-,28-,29-,30-,31-,32-,33-,34-,35-,36?,37?,38-,39-,40-,41-,42-;;;;;;;/m1......./s1. The van der Waals surface area contributed by atoms with Crippen molar-refractivity contribution in [2.24, 2.45) is 0 Å². The van der Waals surface area contributed by atoms with E-state index in [1.807, 2.05) is 0 Å². The fraction of sp³-hybridized carbons (Fsp3) is 1.00. The fourth-order valence-corrected chi connectivity index (χ4v) is 13.5. The van der Waals surface area contributed by atoms with Crippen molar-refractivity contribution in [3.05, 3.63) is 0 Å². The number of aliphatic hydroxyl groups excluding tert-OH is 14. The third-order valence-corrected chi connectivity index (χ3v) is 19.1. The maximum Gasteiger partial charge on any atom is 1.00 e. The summed E-state index contributed by atoms with van der Waals surface area (Å²) in [6, 6.07) is 0. The van der Waals surface area contributed by atoms with Crippen molar-refractivity contribution in [2.45, 2.75) is 215 Å². The van der Waals surface area contributed by atoms with Gasteiger partial charge in [0.2, 0.25) is 72.8 Å². The molecule has 112 heavy (non-hydrogen) atoms. The summed E-state index contributed by atoms with van der Waals surface area (Å²) in [7, 11) is -41.6. The Morgan fingerprint density at radius 3 is 0.348 bits per heavy atom. The van der Waals surface area contributed by atoms with Gasteiger partial charge in [-0.2, -0.15) is 0 Å². The molecule has 14 bridgehead atoms. The van der Waals surface area contributed by atoms with Crippen LogP contribution in [0.5, 0.6) is 0 Å². The number of ether oxygens (including phenoxy) is 14. The van der Waals surface area contributed by atoms with Crippen molar-refractivity contribution in [1.29, 1.82) is 0 Å². The Morgan fingerprint density at radius 2 is 0.268 bits per heavy atom. The molecule has 35 atom stereocenters. The van der Waals surface area contributed by atoms with Gasteiger partial charge in [0.05, 0.1) is 46.2 Å². The van der Waals surface area contributed by atoms with Crippen LogP contribution in [0.25, 0.3) is 0 Å². The first-order chi connectivity index (χ1) is 48.2. The average molecular weight is 1850 g/mol. The van der Waals surface area contributed by atoms with Gasteiger partial charge in [0.25, 0.3) is 0 Å². The van der Waals surface area contributed by atoms with Gasteiger partial charge < -0.3 is 170 Å². The van der Waals surface area contributed by atoms with Gasteiger partial charge in [-0.3, -0.25) is 29.3 Å². The van der Waals surface area contributed by atoms with Crippen LogP contribution in [0.3, 0.4) is 0 Å². The van der Waals surface area contributed by atoms with E-state index in [9.17, 15) is 162 Å². The maximum atomic E-state index is 11.8. The summed E-state index contributed by atoms with van der Waals surface area (Å²) in [6.45, 7) is -12.2. The van der Waals surface area contributed by atoms with E-state index in [0.29, 0.717) is 0 Å². The van der Waals surface area contributed by atoms with E-state index in [-0.39, 0.29) is 207 Å². The van der Waals surface area contributed by atoms with E-state index in [1.165, 1.54) is 0 Å². The monoisotopic (exact) mass is 1850 g/mol. The second kappa shape index (κ2) is 47.3. The quantitative estimate of drug-likeness (QED) is 0.0288. The SMILES string of the molecule is O=S(=O)([O-])OC[C@H]1O[C@@H]2O[C@H]3[C@H](O)[C@@H](O)[C@H](O[C@@H]3COS(=O)(=O)[O-])O[C@H]3C(O)[C@@H](O)[C@@H](O[C@H]4[C@H](O)[C@@H](O)[C@@H](O[C@H]5[C@H](O)C(O)[C@@H](O[C@H]6[C@H](O)[C@@H](O)C(O[C@H]7[C@H](O)[C@@H](O)C(O[C@H]1[C@H](O)[C@H]2O)O[C@@H]7COS(=O)(=O)[O-])O[C@@H]6COS(=O)(=O)[O-])O[C@@H]5COS(=O)(=O)[O-])O[C@@H]4COS(=O)(=O)[O-])O[C@@H]3COS(=O)(=O)[O-].[Na+].[Na+].[Na+].[Na+].[Na+].[Na+].[Na+]. The van der Waals surface area contributed by atoms with Crippen molar-refractivity contribution in [3.8, 4) is 0 Å². The Kier molecular flexibility index (Phi) is 48.6. The average Bonchev–Trinajstić information content (AvgIpc) is 0.782. The molecule has 56 nitrogen and oxygen atoms in total. The Morgan fingerprint density at radius 1 is 0.179 bits per heavy atom. The first-order valence-corrected chi connectivity index (χ1v) is 38.4. The number of hydrogen-bond donors (Lipinski definition) is 14. The second-order valence-electron chi connectivity index (χ2n) is 23.2. The largest absolute Gasteiger partial charge is 1.00 e. The van der Waals surface area contributed by atoms with E-state index in [0.717, 1.165) is 0 Å². The van der Waals surface area contributed by atoms with Crippen molar-refractivity contribution in [3.63, 3.8) is 0 Å². The normalized spacial score (nSPS) is 42.1. The third-order valence-electron chi connectivity index (χ3n) is 16.2. The first kappa shape index (κ1) is 115. The molecule has 70 heteroatoms. The zero-order valence-corrected chi connectivity index (χ0v) is 78.1. The molecule has 0 aliphatic carbocycles. The minimum absolute atomic E-state index is 0. The molecule has 0 amide bonds. The summed E-state index contributed by atoms with van der Waals surface area (Å²) >= 11 is 0. The first-order valence-electron chi connectivity index (χ1n) is 29.1. The molecule has 21 saturated heterocycles. The summed E-state index contributed by atoms with van der Waals surface area (Å²) in [6.07, 6.45) is -95.2. The molecule has 0 aromatic heterocycles. The Labute approximate surface area is 788 Å². The predicted octanol–water partition coefficient (Wildman–Crippen LogP) is -39.8. The summed E-state index contributed by atoms with van der Waals surface area (Å²) in [5.74, 6) is 0. The molecule has 0 aromatic carbocycles. The molecule has 0 saturated carbocycles. The van der Waals surface area contributed by atoms with Crippen molar-refractivity contribution in [1.82, 2.24) is 0 Å². The smallest absolute Gasteiger partial charge is 0.726 e. The molecule has 21 rings (SSSR count). The minimum atomic E-state index is -5.94. The Balaban J connectivity index is 0.00000896. The molecule has 0 radical (unpaired) electrons. The van der Waals surface area contributed by atoms with E-state index in [2.05, 4.69) is 29.3 Å². The summed E-state index contributed by atoms with van der Waals surface area (Å²) in [5.41, 5.74) is 0. The molecular formula is C42H63Na7O56S7. The third kappa shape index (κ3) is 32.3. The van der Waals surface area contributed by atoms with Crippen LogP contribution in [0.15, 0.2) is 0 Å². The zero-order valence-electron chi connectivity index (χ0n) is 58.4. The Bertz CT molecular complexity index is 3080. The van der Waals surface area contributed by atoms with Gasteiger partial charge in [0, 0.05) is 0 Å². The van der Waals surface area contributed by atoms with E-state index < -0.39 is 334 Å². The molecule has 616 valence electrons. The van der Waals surface area contributed by atoms with E-state index >= 15 is 0 Å². The topological polar surface area (TPSA) is 877 Å². The molecule has 14 N–H and O–H groups in total. The fourth-order valence-electron chi connectivity index (χ4n) is 11.4. The van der Waals surface area contributed by atoms with Crippen molar-refractivity contribution < 1.29 is 465 Å². The van der Waals surface area contributed by atoms with Crippen LogP contribution in [-0.2, 0) is 168 Å². The van der Waals surface area contributed by atoms with Crippen molar-refractivity contribution >= 4 is 72.8 Å².